The molecule has 4 nitrogen and oxygen atoms in total. The Morgan fingerprint density at radius 1 is 1.47 bits per heavy atom. The van der Waals surface area contributed by atoms with E-state index in [4.69, 9.17) is 11.6 Å². The van der Waals surface area contributed by atoms with Crippen LogP contribution in [-0.2, 0) is 11.4 Å². The number of hydrogen-bond donors (Lipinski definition) is 0. The summed E-state index contributed by atoms with van der Waals surface area (Å²) in [6.45, 7) is 5.63. The lowest BCUT2D eigenvalue weighted by atomic mass is 10.3. The molecule has 0 aliphatic carbocycles. The fraction of sp³-hybridized carbons (Fsp3) is 0.333. The molecule has 0 N–H and O–H groups in total. The molecule has 102 valence electrons. The summed E-state index contributed by atoms with van der Waals surface area (Å²) < 4.78 is 18.1. The van der Waals surface area contributed by atoms with Crippen LogP contribution in [0.3, 0.4) is 0 Å². The van der Waals surface area contributed by atoms with E-state index in [1.54, 1.807) is 22.9 Å². The van der Waals surface area contributed by atoms with Gasteiger partial charge >= 0.3 is 0 Å². The second kappa shape index (κ2) is 5.44. The van der Waals surface area contributed by atoms with E-state index in [-0.39, 0.29) is 4.75 Å². The number of hydrogen-bond acceptors (Lipinski definition) is 3. The van der Waals surface area contributed by atoms with Crippen molar-refractivity contribution < 1.29 is 4.55 Å². The molecule has 0 spiro atoms. The average Bonchev–Trinajstić information content (AvgIpc) is 2.67. The number of halogens is 2. The maximum Gasteiger partial charge on any atom is 0.151 e. The van der Waals surface area contributed by atoms with Gasteiger partial charge in [0.2, 0.25) is 0 Å². The van der Waals surface area contributed by atoms with Gasteiger partial charge in [0, 0.05) is 12.4 Å². The Kier molecular flexibility index (Phi) is 4.25. The standard InChI is InChI=1S/C12H13BrClN3OS/c1-12(2,3)19(18)15-5-9-7-17-6-8(14)4-10(13)11(17)16-9/h4-7H,1-3H3. The van der Waals surface area contributed by atoms with Crippen molar-refractivity contribution in [2.24, 2.45) is 4.40 Å². The van der Waals surface area contributed by atoms with Gasteiger partial charge in [-0.1, -0.05) is 16.0 Å². The molecule has 2 aromatic heterocycles. The maximum atomic E-state index is 11.8. The molecule has 2 aromatic rings. The van der Waals surface area contributed by atoms with Crippen LogP contribution < -0.4 is 0 Å². The highest BCUT2D eigenvalue weighted by Crippen LogP contribution is 2.22. The van der Waals surface area contributed by atoms with Crippen molar-refractivity contribution in [1.82, 2.24) is 9.38 Å². The number of fused-ring (bicyclic) bond motifs is 1. The molecule has 2 rings (SSSR count). The van der Waals surface area contributed by atoms with Crippen molar-refractivity contribution >= 4 is 50.8 Å². The quantitative estimate of drug-likeness (QED) is 0.605. The van der Waals surface area contributed by atoms with E-state index in [1.807, 2.05) is 20.8 Å². The summed E-state index contributed by atoms with van der Waals surface area (Å²) >= 11 is 8.07. The number of aromatic nitrogens is 2. The Labute approximate surface area is 128 Å². The Balaban J connectivity index is 2.32. The third-order valence-corrected chi connectivity index (χ3v) is 4.43. The first-order chi connectivity index (χ1) is 8.77. The number of nitrogens with zero attached hydrogens (tertiary/aromatic N) is 3. The second-order valence-electron chi connectivity index (χ2n) is 5.00. The lowest BCUT2D eigenvalue weighted by Crippen LogP contribution is -2.25. The molecule has 0 saturated heterocycles. The number of rotatable bonds is 2. The highest BCUT2D eigenvalue weighted by atomic mass is 79.9. The molecule has 1 atom stereocenters. The van der Waals surface area contributed by atoms with E-state index >= 15 is 0 Å². The molecule has 0 aromatic carbocycles. The molecule has 0 saturated carbocycles. The molecule has 2 heterocycles. The highest BCUT2D eigenvalue weighted by Gasteiger charge is 2.25. The highest BCUT2D eigenvalue weighted by molar-refractivity contribution is 9.10. The third kappa shape index (κ3) is 3.51. The van der Waals surface area contributed by atoms with E-state index in [2.05, 4.69) is 25.3 Å². The maximum absolute atomic E-state index is 11.8. The van der Waals surface area contributed by atoms with Gasteiger partial charge < -0.3 is 8.95 Å². The molecule has 7 heteroatoms. The first-order valence-corrected chi connectivity index (χ1v) is 7.85. The Morgan fingerprint density at radius 2 is 2.16 bits per heavy atom. The normalized spacial score (nSPS) is 14.4. The molecule has 0 aliphatic heterocycles. The summed E-state index contributed by atoms with van der Waals surface area (Å²) in [4.78, 5) is 4.38. The van der Waals surface area contributed by atoms with E-state index in [9.17, 15) is 4.55 Å². The number of imidazole rings is 1. The third-order valence-electron chi connectivity index (χ3n) is 2.30. The summed E-state index contributed by atoms with van der Waals surface area (Å²) in [5.41, 5.74) is 1.38. The van der Waals surface area contributed by atoms with Crippen LogP contribution in [0.1, 0.15) is 26.5 Å². The zero-order valence-electron chi connectivity index (χ0n) is 10.7. The predicted molar refractivity (Wildman–Crippen MR) is 83.4 cm³/mol. The van der Waals surface area contributed by atoms with Crippen LogP contribution >= 0.6 is 27.5 Å². The number of pyridine rings is 1. The molecule has 0 fully saturated rings. The van der Waals surface area contributed by atoms with Gasteiger partial charge in [0.15, 0.2) is 5.65 Å². The van der Waals surface area contributed by atoms with Crippen LogP contribution in [0.4, 0.5) is 0 Å². The van der Waals surface area contributed by atoms with Gasteiger partial charge in [-0.25, -0.2) is 4.98 Å². The van der Waals surface area contributed by atoms with Crippen molar-refractivity contribution in [3.05, 3.63) is 33.6 Å². The summed E-state index contributed by atoms with van der Waals surface area (Å²) in [5, 5.41) is 0.610. The SMILES string of the molecule is CC(C)(C)[S+]([O-])N=Cc1cn2cc(Cl)cc(Br)c2n1. The minimum atomic E-state index is -1.29. The van der Waals surface area contributed by atoms with Gasteiger partial charge in [0.05, 0.1) is 9.50 Å². The van der Waals surface area contributed by atoms with Crippen LogP contribution in [0.5, 0.6) is 0 Å². The van der Waals surface area contributed by atoms with Crippen LogP contribution in [-0.4, -0.2) is 24.9 Å². The van der Waals surface area contributed by atoms with Gasteiger partial charge in [-0.15, -0.1) is 0 Å². The molecular formula is C12H13BrClN3OS. The van der Waals surface area contributed by atoms with Crippen molar-refractivity contribution in [2.75, 3.05) is 0 Å². The first-order valence-electron chi connectivity index (χ1n) is 5.57. The summed E-state index contributed by atoms with van der Waals surface area (Å²) in [5.74, 6) is 0. The lowest BCUT2D eigenvalue weighted by molar-refractivity contribution is 0.562. The van der Waals surface area contributed by atoms with Crippen LogP contribution in [0.25, 0.3) is 5.65 Å². The molecule has 0 radical (unpaired) electrons. The second-order valence-corrected chi connectivity index (χ2v) is 8.22. The summed E-state index contributed by atoms with van der Waals surface area (Å²) in [6.07, 6.45) is 5.07. The minimum absolute atomic E-state index is 0.375. The summed E-state index contributed by atoms with van der Waals surface area (Å²) in [6, 6.07) is 1.78. The van der Waals surface area contributed by atoms with Gasteiger partial charge in [-0.3, -0.25) is 0 Å². The van der Waals surface area contributed by atoms with Crippen LogP contribution in [0.15, 0.2) is 27.3 Å². The molecule has 0 amide bonds. The van der Waals surface area contributed by atoms with E-state index < -0.39 is 11.4 Å². The smallest absolute Gasteiger partial charge is 0.151 e. The van der Waals surface area contributed by atoms with E-state index in [0.29, 0.717) is 10.7 Å². The Morgan fingerprint density at radius 3 is 2.79 bits per heavy atom. The first kappa shape index (κ1) is 14.8. The van der Waals surface area contributed by atoms with Crippen LogP contribution in [0, 0.1) is 0 Å². The fourth-order valence-corrected chi connectivity index (χ4v) is 2.77. The predicted octanol–water partition coefficient (Wildman–Crippen LogP) is 3.63. The van der Waals surface area contributed by atoms with Crippen molar-refractivity contribution in [2.45, 2.75) is 25.5 Å². The topological polar surface area (TPSA) is 52.7 Å². The monoisotopic (exact) mass is 361 g/mol. The summed E-state index contributed by atoms with van der Waals surface area (Å²) in [7, 11) is 0. The molecule has 0 bridgehead atoms. The molecule has 1 unspecified atom stereocenters. The van der Waals surface area contributed by atoms with Crippen molar-refractivity contribution in [3.8, 4) is 0 Å². The fourth-order valence-electron chi connectivity index (χ4n) is 1.37. The van der Waals surface area contributed by atoms with Crippen LogP contribution in [0.2, 0.25) is 5.02 Å². The van der Waals surface area contributed by atoms with Crippen molar-refractivity contribution in [1.29, 1.82) is 0 Å². The lowest BCUT2D eigenvalue weighted by Gasteiger charge is -2.17. The van der Waals surface area contributed by atoms with Gasteiger partial charge in [-0.05, 0) is 42.8 Å². The Bertz CT molecular complexity index is 636. The van der Waals surface area contributed by atoms with Gasteiger partial charge in [0.25, 0.3) is 0 Å². The van der Waals surface area contributed by atoms with E-state index in [1.165, 1.54) is 6.21 Å². The minimum Gasteiger partial charge on any atom is -0.591 e. The Hall–Kier alpha value is -0.560. The van der Waals surface area contributed by atoms with Gasteiger partial charge in [-0.2, -0.15) is 0 Å². The zero-order chi connectivity index (χ0) is 14.2. The van der Waals surface area contributed by atoms with Crippen molar-refractivity contribution in [3.63, 3.8) is 0 Å². The molecule has 19 heavy (non-hydrogen) atoms. The zero-order valence-corrected chi connectivity index (χ0v) is 13.9. The average molecular weight is 363 g/mol. The van der Waals surface area contributed by atoms with E-state index in [0.717, 1.165) is 10.1 Å². The largest absolute Gasteiger partial charge is 0.591 e. The van der Waals surface area contributed by atoms with Gasteiger partial charge in [0.1, 0.15) is 28.0 Å². The molecule has 0 aliphatic rings. The molecular weight excluding hydrogens is 350 g/mol.